The smallest absolute Gasteiger partial charge is 0.335 e. The van der Waals surface area contributed by atoms with Crippen LogP contribution in [0.5, 0.6) is 0 Å². The average molecular weight is 473 g/mol. The number of benzene rings is 2. The zero-order valence-corrected chi connectivity index (χ0v) is 18.8. The van der Waals surface area contributed by atoms with Crippen molar-refractivity contribution in [2.24, 2.45) is 4.99 Å². The lowest BCUT2D eigenvalue weighted by molar-refractivity contribution is 0.0697. The first-order valence-electron chi connectivity index (χ1n) is 10.5. The summed E-state index contributed by atoms with van der Waals surface area (Å²) in [6.07, 6.45) is 7.64. The second-order valence-corrected chi connectivity index (χ2v) is 8.27. The molecule has 0 radical (unpaired) electrons. The Morgan fingerprint density at radius 2 is 1.91 bits per heavy atom. The number of allylic oxidation sites excluding steroid dienone is 5. The Kier molecular flexibility index (Phi) is 5.55. The highest BCUT2D eigenvalue weighted by Gasteiger charge is 2.26. The largest absolute Gasteiger partial charge is 0.478 e. The van der Waals surface area contributed by atoms with Crippen LogP contribution in [0.15, 0.2) is 77.6 Å². The Balaban J connectivity index is 1.54. The molecule has 0 spiro atoms. The quantitative estimate of drug-likeness (QED) is 0.492. The van der Waals surface area contributed by atoms with Crippen molar-refractivity contribution in [1.29, 1.82) is 0 Å². The van der Waals surface area contributed by atoms with Gasteiger partial charge in [0.25, 0.3) is 0 Å². The second-order valence-electron chi connectivity index (χ2n) is 7.88. The van der Waals surface area contributed by atoms with Crippen molar-refractivity contribution in [1.82, 2.24) is 9.97 Å². The number of halogens is 2. The van der Waals surface area contributed by atoms with E-state index in [1.165, 1.54) is 18.2 Å². The van der Waals surface area contributed by atoms with Gasteiger partial charge >= 0.3 is 5.97 Å². The number of aryl methyl sites for hydroxylation is 1. The summed E-state index contributed by atoms with van der Waals surface area (Å²) in [4.78, 5) is 24.5. The molecule has 1 aromatic heterocycles. The number of aliphatic imine (C=N–C) groups is 1. The Hall–Kier alpha value is -4.10. The molecule has 3 aromatic rings. The molecule has 5 rings (SSSR count). The maximum absolute atomic E-state index is 14.9. The third-order valence-electron chi connectivity index (χ3n) is 5.69. The van der Waals surface area contributed by atoms with E-state index in [1.807, 2.05) is 19.1 Å². The number of aromatic nitrogens is 2. The summed E-state index contributed by atoms with van der Waals surface area (Å²) < 4.78 is 14.9. The molecule has 2 heterocycles. The maximum atomic E-state index is 14.9. The zero-order chi connectivity index (χ0) is 23.8. The molecule has 6 nitrogen and oxygen atoms in total. The fourth-order valence-electron chi connectivity index (χ4n) is 4.05. The standard InChI is InChI=1S/C26H18ClFN4O2/c1-14-3-2-4-21(28)23(14)19-11-22(27)29-13-20-18(19)10-7-16-12-30-26(32-24(16)20)31-17-8-5-15(6-9-17)25(33)34/h2-6,8-13H,7H2,1H3,(H,33,34)(H,30,31,32). The highest BCUT2D eigenvalue weighted by molar-refractivity contribution is 6.69. The van der Waals surface area contributed by atoms with E-state index in [4.69, 9.17) is 21.7 Å². The van der Waals surface area contributed by atoms with Crippen LogP contribution in [0.25, 0.3) is 11.1 Å². The number of nitrogens with one attached hydrogen (secondary N) is 1. The number of fused-ring (bicyclic) bond motifs is 3. The Morgan fingerprint density at radius 1 is 1.12 bits per heavy atom. The van der Waals surface area contributed by atoms with Gasteiger partial charge in [0.05, 0.1) is 11.3 Å². The Morgan fingerprint density at radius 3 is 2.65 bits per heavy atom. The van der Waals surface area contributed by atoms with E-state index in [0.717, 1.165) is 22.3 Å². The third kappa shape index (κ3) is 4.02. The molecule has 2 aromatic carbocycles. The van der Waals surface area contributed by atoms with Gasteiger partial charge in [0, 0.05) is 34.8 Å². The number of rotatable bonds is 4. The van der Waals surface area contributed by atoms with E-state index >= 15 is 0 Å². The van der Waals surface area contributed by atoms with Crippen LogP contribution in [0.2, 0.25) is 0 Å². The van der Waals surface area contributed by atoms with E-state index in [2.05, 4.69) is 15.3 Å². The number of hydrogen-bond acceptors (Lipinski definition) is 5. The molecule has 0 atom stereocenters. The summed E-state index contributed by atoms with van der Waals surface area (Å²) in [5, 5.41) is 12.4. The number of carboxylic acids is 1. The summed E-state index contributed by atoms with van der Waals surface area (Å²) in [7, 11) is 0. The summed E-state index contributed by atoms with van der Waals surface area (Å²) >= 11 is 6.33. The lowest BCUT2D eigenvalue weighted by atomic mass is 9.83. The van der Waals surface area contributed by atoms with Crippen molar-refractivity contribution in [3.8, 4) is 0 Å². The van der Waals surface area contributed by atoms with E-state index in [1.54, 1.807) is 36.7 Å². The van der Waals surface area contributed by atoms with Crippen LogP contribution in [-0.2, 0) is 6.42 Å². The molecule has 0 amide bonds. The lowest BCUT2D eigenvalue weighted by Gasteiger charge is -2.22. The maximum Gasteiger partial charge on any atom is 0.335 e. The molecule has 1 aliphatic carbocycles. The van der Waals surface area contributed by atoms with Gasteiger partial charge in [0.1, 0.15) is 11.0 Å². The first kappa shape index (κ1) is 21.7. The first-order valence-corrected chi connectivity index (χ1v) is 10.9. The Bertz CT molecular complexity index is 1440. The van der Waals surface area contributed by atoms with Crippen molar-refractivity contribution in [3.05, 3.63) is 106 Å². The number of carboxylic acid groups (broad SMARTS) is 1. The van der Waals surface area contributed by atoms with Crippen LogP contribution >= 0.6 is 11.6 Å². The van der Waals surface area contributed by atoms with Gasteiger partial charge < -0.3 is 10.4 Å². The molecule has 2 N–H and O–H groups in total. The predicted octanol–water partition coefficient (Wildman–Crippen LogP) is 5.92. The van der Waals surface area contributed by atoms with E-state index in [-0.39, 0.29) is 16.6 Å². The number of hydrogen-bond donors (Lipinski definition) is 2. The van der Waals surface area contributed by atoms with Crippen LogP contribution in [0.3, 0.4) is 0 Å². The molecule has 8 heteroatoms. The minimum atomic E-state index is -0.996. The Labute approximate surface area is 199 Å². The summed E-state index contributed by atoms with van der Waals surface area (Å²) in [6.45, 7) is 1.86. The normalized spacial score (nSPS) is 14.6. The first-order chi connectivity index (χ1) is 16.4. The monoisotopic (exact) mass is 472 g/mol. The average Bonchev–Trinajstić information content (AvgIpc) is 2.98. The third-order valence-corrected chi connectivity index (χ3v) is 5.89. The molecule has 0 saturated heterocycles. The van der Waals surface area contributed by atoms with Gasteiger partial charge in [-0.05, 0) is 66.5 Å². The molecular formula is C26H18ClFN4O2. The van der Waals surface area contributed by atoms with Gasteiger partial charge in [-0.1, -0.05) is 29.8 Å². The minimum absolute atomic E-state index is 0.188. The van der Waals surface area contributed by atoms with Crippen molar-refractivity contribution in [3.63, 3.8) is 0 Å². The summed E-state index contributed by atoms with van der Waals surface area (Å²) in [5.74, 6) is -0.987. The number of nitrogens with zero attached hydrogens (tertiary/aromatic N) is 3. The van der Waals surface area contributed by atoms with Crippen LogP contribution in [0, 0.1) is 12.7 Å². The SMILES string of the molecule is Cc1cccc(F)c1C1=CC(Cl)=NC=C2C1=CCc1cnc(Nc3ccc(C(=O)O)cc3)nc12. The van der Waals surface area contributed by atoms with Crippen molar-refractivity contribution < 1.29 is 14.3 Å². The number of aromatic carboxylic acids is 1. The molecular weight excluding hydrogens is 455 g/mol. The molecule has 0 bridgehead atoms. The van der Waals surface area contributed by atoms with Gasteiger partial charge in [-0.25, -0.2) is 24.1 Å². The van der Waals surface area contributed by atoms with Gasteiger partial charge in [-0.15, -0.1) is 0 Å². The summed E-state index contributed by atoms with van der Waals surface area (Å²) in [5.41, 5.74) is 5.85. The van der Waals surface area contributed by atoms with Gasteiger partial charge in [0.15, 0.2) is 0 Å². The lowest BCUT2D eigenvalue weighted by Crippen LogP contribution is -2.10. The molecule has 168 valence electrons. The predicted molar refractivity (Wildman–Crippen MR) is 131 cm³/mol. The van der Waals surface area contributed by atoms with Crippen LogP contribution < -0.4 is 5.32 Å². The fraction of sp³-hybridized carbons (Fsp3) is 0.0769. The molecule has 34 heavy (non-hydrogen) atoms. The molecule has 0 fully saturated rings. The highest BCUT2D eigenvalue weighted by Crippen LogP contribution is 2.41. The number of anilines is 2. The van der Waals surface area contributed by atoms with Crippen LogP contribution in [-0.4, -0.2) is 26.2 Å². The second kappa shape index (κ2) is 8.68. The van der Waals surface area contributed by atoms with E-state index < -0.39 is 5.97 Å². The molecule has 0 saturated carbocycles. The zero-order valence-electron chi connectivity index (χ0n) is 18.0. The van der Waals surface area contributed by atoms with Crippen molar-refractivity contribution in [2.75, 3.05) is 5.32 Å². The van der Waals surface area contributed by atoms with Crippen LogP contribution in [0.4, 0.5) is 16.0 Å². The summed E-state index contributed by atoms with van der Waals surface area (Å²) in [6, 6.07) is 11.3. The van der Waals surface area contributed by atoms with Crippen molar-refractivity contribution >= 4 is 45.5 Å². The van der Waals surface area contributed by atoms with Gasteiger partial charge in [-0.2, -0.15) is 0 Å². The minimum Gasteiger partial charge on any atom is -0.478 e. The molecule has 0 unspecified atom stereocenters. The topological polar surface area (TPSA) is 87.5 Å². The molecule has 1 aliphatic heterocycles. The van der Waals surface area contributed by atoms with E-state index in [0.29, 0.717) is 34.9 Å². The fourth-order valence-corrected chi connectivity index (χ4v) is 4.21. The van der Waals surface area contributed by atoms with Crippen LogP contribution in [0.1, 0.15) is 32.7 Å². The van der Waals surface area contributed by atoms with E-state index in [9.17, 15) is 9.18 Å². The number of carbonyl (C=O) groups is 1. The van der Waals surface area contributed by atoms with Gasteiger partial charge in [0.2, 0.25) is 5.95 Å². The van der Waals surface area contributed by atoms with Gasteiger partial charge in [-0.3, -0.25) is 0 Å². The van der Waals surface area contributed by atoms with Crippen molar-refractivity contribution in [2.45, 2.75) is 13.3 Å². The molecule has 2 aliphatic rings. The highest BCUT2D eigenvalue weighted by atomic mass is 35.5.